The third-order valence-electron chi connectivity index (χ3n) is 5.02. The van der Waals surface area contributed by atoms with Crippen LogP contribution in [0.3, 0.4) is 0 Å². The fourth-order valence-corrected chi connectivity index (χ4v) is 3.21. The molecule has 1 amide bonds. The fourth-order valence-electron chi connectivity index (χ4n) is 3.21. The van der Waals surface area contributed by atoms with Crippen LogP contribution in [-0.2, 0) is 17.8 Å². The van der Waals surface area contributed by atoms with E-state index in [-0.39, 0.29) is 5.91 Å². The zero-order valence-electron chi connectivity index (χ0n) is 14.7. The van der Waals surface area contributed by atoms with Gasteiger partial charge in [-0.05, 0) is 55.4 Å². The number of carbonyl (C=O) groups excluding carboxylic acids is 1. The molecule has 3 heteroatoms. The summed E-state index contributed by atoms with van der Waals surface area (Å²) in [5, 5.41) is 8.87. The molecule has 2 aromatic rings. The predicted octanol–water partition coefficient (Wildman–Crippen LogP) is 4.32. The SMILES string of the molecule is CC(C1CC1)N(Cc1ccccc1)C(=O)CCc1ccc(C#N)cc1. The van der Waals surface area contributed by atoms with Gasteiger partial charge in [0.15, 0.2) is 0 Å². The van der Waals surface area contributed by atoms with Gasteiger partial charge in [0.25, 0.3) is 0 Å². The van der Waals surface area contributed by atoms with E-state index in [9.17, 15) is 4.79 Å². The van der Waals surface area contributed by atoms with Crippen molar-refractivity contribution in [3.8, 4) is 6.07 Å². The zero-order valence-corrected chi connectivity index (χ0v) is 14.7. The molecule has 1 saturated carbocycles. The highest BCUT2D eigenvalue weighted by atomic mass is 16.2. The minimum atomic E-state index is 0.215. The Balaban J connectivity index is 1.64. The van der Waals surface area contributed by atoms with E-state index in [4.69, 9.17) is 5.26 Å². The molecule has 0 heterocycles. The first-order valence-electron chi connectivity index (χ1n) is 9.00. The Bertz CT molecular complexity index is 742. The maximum atomic E-state index is 12.9. The van der Waals surface area contributed by atoms with Crippen LogP contribution in [-0.4, -0.2) is 16.8 Å². The maximum absolute atomic E-state index is 12.9. The molecule has 1 atom stereocenters. The van der Waals surface area contributed by atoms with E-state index in [0.717, 1.165) is 5.56 Å². The standard InChI is InChI=1S/C22H24N2O/c1-17(21-12-13-21)24(16-20-5-3-2-4-6-20)22(25)14-11-18-7-9-19(15-23)10-8-18/h2-10,17,21H,11-14,16H2,1H3. The van der Waals surface area contributed by atoms with Crippen LogP contribution >= 0.6 is 0 Å². The molecule has 25 heavy (non-hydrogen) atoms. The highest BCUT2D eigenvalue weighted by Crippen LogP contribution is 2.36. The summed E-state index contributed by atoms with van der Waals surface area (Å²) in [6.45, 7) is 2.87. The zero-order chi connectivity index (χ0) is 17.6. The third kappa shape index (κ3) is 4.70. The second-order valence-electron chi connectivity index (χ2n) is 6.89. The summed E-state index contributed by atoms with van der Waals surface area (Å²) in [5.74, 6) is 0.871. The molecule has 3 rings (SSSR count). The summed E-state index contributed by atoms with van der Waals surface area (Å²) < 4.78 is 0. The van der Waals surface area contributed by atoms with Crippen LogP contribution in [0, 0.1) is 17.2 Å². The van der Waals surface area contributed by atoms with Gasteiger partial charge < -0.3 is 4.90 Å². The lowest BCUT2D eigenvalue weighted by atomic mass is 10.1. The highest BCUT2D eigenvalue weighted by Gasteiger charge is 2.34. The van der Waals surface area contributed by atoms with Gasteiger partial charge in [-0.15, -0.1) is 0 Å². The van der Waals surface area contributed by atoms with Crippen molar-refractivity contribution in [1.29, 1.82) is 5.26 Å². The van der Waals surface area contributed by atoms with Gasteiger partial charge in [0.05, 0.1) is 11.6 Å². The van der Waals surface area contributed by atoms with Crippen molar-refractivity contribution < 1.29 is 4.79 Å². The van der Waals surface area contributed by atoms with Crippen LogP contribution in [0.15, 0.2) is 54.6 Å². The van der Waals surface area contributed by atoms with Crippen LogP contribution in [0.1, 0.15) is 42.9 Å². The molecule has 0 aliphatic heterocycles. The number of hydrogen-bond donors (Lipinski definition) is 0. The van der Waals surface area contributed by atoms with E-state index >= 15 is 0 Å². The summed E-state index contributed by atoms with van der Waals surface area (Å²) in [5.41, 5.74) is 2.94. The average Bonchev–Trinajstić information content (AvgIpc) is 3.50. The molecule has 0 bridgehead atoms. The summed E-state index contributed by atoms with van der Waals surface area (Å²) in [7, 11) is 0. The van der Waals surface area contributed by atoms with Crippen LogP contribution in [0.25, 0.3) is 0 Å². The van der Waals surface area contributed by atoms with Gasteiger partial charge in [-0.3, -0.25) is 4.79 Å². The molecule has 3 nitrogen and oxygen atoms in total. The molecular formula is C22H24N2O. The van der Waals surface area contributed by atoms with Crippen molar-refractivity contribution in [2.45, 2.75) is 45.2 Å². The van der Waals surface area contributed by atoms with Crippen molar-refractivity contribution in [2.75, 3.05) is 0 Å². The molecule has 0 spiro atoms. The molecule has 0 radical (unpaired) electrons. The summed E-state index contributed by atoms with van der Waals surface area (Å²) >= 11 is 0. The van der Waals surface area contributed by atoms with E-state index < -0.39 is 0 Å². The number of amides is 1. The monoisotopic (exact) mass is 332 g/mol. The van der Waals surface area contributed by atoms with Gasteiger partial charge in [0.1, 0.15) is 0 Å². The molecular weight excluding hydrogens is 308 g/mol. The van der Waals surface area contributed by atoms with Crippen molar-refractivity contribution in [3.63, 3.8) is 0 Å². The minimum absolute atomic E-state index is 0.215. The summed E-state index contributed by atoms with van der Waals surface area (Å²) in [4.78, 5) is 14.9. The van der Waals surface area contributed by atoms with Gasteiger partial charge >= 0.3 is 0 Å². The second-order valence-corrected chi connectivity index (χ2v) is 6.89. The fraction of sp³-hybridized carbons (Fsp3) is 0.364. The molecule has 0 aromatic heterocycles. The Hall–Kier alpha value is -2.60. The number of carbonyl (C=O) groups is 1. The number of aryl methyl sites for hydroxylation is 1. The lowest BCUT2D eigenvalue weighted by molar-refractivity contribution is -0.134. The Labute approximate surface area is 149 Å². The molecule has 0 N–H and O–H groups in total. The number of benzene rings is 2. The number of nitrogens with zero attached hydrogens (tertiary/aromatic N) is 2. The molecule has 1 aliphatic rings. The second kappa shape index (κ2) is 7.98. The Morgan fingerprint density at radius 1 is 1.12 bits per heavy atom. The first-order chi connectivity index (χ1) is 12.2. The molecule has 1 fully saturated rings. The van der Waals surface area contributed by atoms with Gasteiger partial charge in [-0.2, -0.15) is 5.26 Å². The van der Waals surface area contributed by atoms with E-state index in [1.807, 2.05) is 42.5 Å². The molecule has 2 aromatic carbocycles. The lowest BCUT2D eigenvalue weighted by Gasteiger charge is -2.30. The Kier molecular flexibility index (Phi) is 5.50. The summed E-state index contributed by atoms with van der Waals surface area (Å²) in [6, 6.07) is 20.2. The number of hydrogen-bond acceptors (Lipinski definition) is 2. The van der Waals surface area contributed by atoms with Crippen molar-refractivity contribution in [3.05, 3.63) is 71.3 Å². The quantitative estimate of drug-likeness (QED) is 0.758. The van der Waals surface area contributed by atoms with Gasteiger partial charge in [-0.25, -0.2) is 0 Å². The van der Waals surface area contributed by atoms with Crippen LogP contribution in [0.5, 0.6) is 0 Å². The van der Waals surface area contributed by atoms with Crippen LogP contribution < -0.4 is 0 Å². The summed E-state index contributed by atoms with van der Waals surface area (Å²) in [6.07, 6.45) is 3.69. The molecule has 0 saturated heterocycles. The normalized spacial score (nSPS) is 14.6. The van der Waals surface area contributed by atoms with E-state index in [0.29, 0.717) is 36.9 Å². The van der Waals surface area contributed by atoms with Crippen molar-refractivity contribution >= 4 is 5.91 Å². The largest absolute Gasteiger partial charge is 0.335 e. The number of rotatable bonds is 7. The van der Waals surface area contributed by atoms with Crippen molar-refractivity contribution in [1.82, 2.24) is 4.90 Å². The third-order valence-corrected chi connectivity index (χ3v) is 5.02. The Morgan fingerprint density at radius 2 is 1.80 bits per heavy atom. The minimum Gasteiger partial charge on any atom is -0.335 e. The highest BCUT2D eigenvalue weighted by molar-refractivity contribution is 5.77. The smallest absolute Gasteiger partial charge is 0.223 e. The lowest BCUT2D eigenvalue weighted by Crippen LogP contribution is -2.39. The maximum Gasteiger partial charge on any atom is 0.223 e. The van der Waals surface area contributed by atoms with E-state index in [1.165, 1.54) is 18.4 Å². The Morgan fingerprint density at radius 3 is 2.40 bits per heavy atom. The van der Waals surface area contributed by atoms with Crippen LogP contribution in [0.2, 0.25) is 0 Å². The van der Waals surface area contributed by atoms with Gasteiger partial charge in [0, 0.05) is 19.0 Å². The van der Waals surface area contributed by atoms with Crippen molar-refractivity contribution in [2.24, 2.45) is 5.92 Å². The van der Waals surface area contributed by atoms with Crippen LogP contribution in [0.4, 0.5) is 0 Å². The average molecular weight is 332 g/mol. The molecule has 128 valence electrons. The molecule has 1 unspecified atom stereocenters. The first-order valence-corrected chi connectivity index (χ1v) is 9.00. The van der Waals surface area contributed by atoms with E-state index in [1.54, 1.807) is 0 Å². The topological polar surface area (TPSA) is 44.1 Å². The molecule has 1 aliphatic carbocycles. The van der Waals surface area contributed by atoms with Gasteiger partial charge in [0.2, 0.25) is 5.91 Å². The first kappa shape index (κ1) is 17.2. The predicted molar refractivity (Wildman–Crippen MR) is 98.7 cm³/mol. The van der Waals surface area contributed by atoms with Gasteiger partial charge in [-0.1, -0.05) is 42.5 Å². The van der Waals surface area contributed by atoms with E-state index in [2.05, 4.69) is 30.0 Å². The number of nitriles is 1.